The molecule has 2 rings (SSSR count). The van der Waals surface area contributed by atoms with Crippen LogP contribution in [0.2, 0.25) is 0 Å². The van der Waals surface area contributed by atoms with E-state index in [-0.39, 0.29) is 5.54 Å². The summed E-state index contributed by atoms with van der Waals surface area (Å²) in [4.78, 5) is 2.24. The average Bonchev–Trinajstić information content (AvgIpc) is 2.47. The van der Waals surface area contributed by atoms with Gasteiger partial charge in [-0.2, -0.15) is 0 Å². The van der Waals surface area contributed by atoms with E-state index in [9.17, 15) is 0 Å². The molecule has 0 bridgehead atoms. The van der Waals surface area contributed by atoms with Gasteiger partial charge in [-0.1, -0.05) is 0 Å². The van der Waals surface area contributed by atoms with Crippen LogP contribution in [0.15, 0.2) is 24.3 Å². The number of anilines is 1. The van der Waals surface area contributed by atoms with E-state index < -0.39 is 0 Å². The Kier molecular flexibility index (Phi) is 4.09. The van der Waals surface area contributed by atoms with E-state index in [0.717, 1.165) is 30.9 Å². The van der Waals surface area contributed by atoms with Gasteiger partial charge in [-0.3, -0.25) is 0 Å². The first-order valence-corrected chi connectivity index (χ1v) is 6.37. The number of rotatable bonds is 4. The molecule has 4 heteroatoms. The standard InChI is InChI=1S/C14H22N2O2/c1-16(12-4-6-13(17-2)7-5-12)14(10-15)8-3-9-18-11-14/h4-7H,3,8-11,15H2,1-2H3. The highest BCUT2D eigenvalue weighted by Crippen LogP contribution is 2.30. The van der Waals surface area contributed by atoms with Crippen LogP contribution in [0.3, 0.4) is 0 Å². The second-order valence-corrected chi connectivity index (χ2v) is 4.84. The van der Waals surface area contributed by atoms with Gasteiger partial charge >= 0.3 is 0 Å². The minimum atomic E-state index is -0.0765. The summed E-state index contributed by atoms with van der Waals surface area (Å²) in [6.45, 7) is 2.15. The number of nitrogens with zero attached hydrogens (tertiary/aromatic N) is 1. The summed E-state index contributed by atoms with van der Waals surface area (Å²) in [6.07, 6.45) is 2.14. The topological polar surface area (TPSA) is 47.7 Å². The molecule has 0 aliphatic carbocycles. The highest BCUT2D eigenvalue weighted by Gasteiger charge is 2.35. The molecule has 1 unspecified atom stereocenters. The second kappa shape index (κ2) is 5.59. The van der Waals surface area contributed by atoms with Crippen molar-refractivity contribution < 1.29 is 9.47 Å². The third-order valence-electron chi connectivity index (χ3n) is 3.85. The third kappa shape index (κ3) is 2.44. The molecule has 0 radical (unpaired) electrons. The maximum atomic E-state index is 5.99. The van der Waals surface area contributed by atoms with Gasteiger partial charge in [0.25, 0.3) is 0 Å². The van der Waals surface area contributed by atoms with Crippen molar-refractivity contribution in [2.24, 2.45) is 5.73 Å². The van der Waals surface area contributed by atoms with E-state index in [1.807, 2.05) is 12.1 Å². The summed E-state index contributed by atoms with van der Waals surface area (Å²) in [5.41, 5.74) is 7.05. The highest BCUT2D eigenvalue weighted by molar-refractivity contribution is 5.51. The summed E-state index contributed by atoms with van der Waals surface area (Å²) in [7, 11) is 3.76. The zero-order valence-electron chi connectivity index (χ0n) is 11.2. The largest absolute Gasteiger partial charge is 0.497 e. The van der Waals surface area contributed by atoms with Gasteiger partial charge in [0.05, 0.1) is 19.3 Å². The predicted octanol–water partition coefficient (Wildman–Crippen LogP) is 1.64. The zero-order valence-corrected chi connectivity index (χ0v) is 11.2. The molecule has 1 saturated heterocycles. The van der Waals surface area contributed by atoms with E-state index in [1.54, 1.807) is 7.11 Å². The van der Waals surface area contributed by atoms with E-state index in [0.29, 0.717) is 13.2 Å². The lowest BCUT2D eigenvalue weighted by atomic mass is 9.90. The van der Waals surface area contributed by atoms with Crippen LogP contribution in [-0.2, 0) is 4.74 Å². The van der Waals surface area contributed by atoms with Crippen molar-refractivity contribution in [2.75, 3.05) is 38.8 Å². The van der Waals surface area contributed by atoms with Crippen LogP contribution in [0, 0.1) is 0 Å². The first-order chi connectivity index (χ1) is 8.72. The third-order valence-corrected chi connectivity index (χ3v) is 3.85. The van der Waals surface area contributed by atoms with Crippen molar-refractivity contribution in [3.05, 3.63) is 24.3 Å². The maximum Gasteiger partial charge on any atom is 0.119 e. The van der Waals surface area contributed by atoms with Gasteiger partial charge in [0, 0.05) is 25.9 Å². The van der Waals surface area contributed by atoms with Crippen LogP contribution in [0.1, 0.15) is 12.8 Å². The molecule has 1 atom stereocenters. The number of hydrogen-bond acceptors (Lipinski definition) is 4. The van der Waals surface area contributed by atoms with Gasteiger partial charge in [0.2, 0.25) is 0 Å². The fourth-order valence-electron chi connectivity index (χ4n) is 2.48. The lowest BCUT2D eigenvalue weighted by molar-refractivity contribution is 0.0396. The summed E-state index contributed by atoms with van der Waals surface area (Å²) in [5.74, 6) is 0.869. The van der Waals surface area contributed by atoms with Gasteiger partial charge in [-0.25, -0.2) is 0 Å². The molecule has 1 aromatic carbocycles. The molecule has 0 amide bonds. The van der Waals surface area contributed by atoms with Gasteiger partial charge in [-0.15, -0.1) is 0 Å². The maximum absolute atomic E-state index is 5.99. The van der Waals surface area contributed by atoms with Crippen LogP contribution in [0.4, 0.5) is 5.69 Å². The van der Waals surface area contributed by atoms with E-state index in [1.165, 1.54) is 0 Å². The zero-order chi connectivity index (χ0) is 13.0. The Balaban J connectivity index is 2.19. The Bertz CT molecular complexity index is 372. The first kappa shape index (κ1) is 13.2. The van der Waals surface area contributed by atoms with Crippen molar-refractivity contribution in [3.63, 3.8) is 0 Å². The molecular weight excluding hydrogens is 228 g/mol. The van der Waals surface area contributed by atoms with E-state index in [4.69, 9.17) is 15.2 Å². The number of benzene rings is 1. The summed E-state index contributed by atoms with van der Waals surface area (Å²) >= 11 is 0. The minimum absolute atomic E-state index is 0.0765. The number of nitrogens with two attached hydrogens (primary N) is 1. The van der Waals surface area contributed by atoms with Crippen molar-refractivity contribution in [2.45, 2.75) is 18.4 Å². The monoisotopic (exact) mass is 250 g/mol. The summed E-state index contributed by atoms with van der Waals surface area (Å²) < 4.78 is 10.8. The Morgan fingerprint density at radius 1 is 1.39 bits per heavy atom. The lowest BCUT2D eigenvalue weighted by Crippen LogP contribution is -2.57. The van der Waals surface area contributed by atoms with Crippen LogP contribution in [-0.4, -0.2) is 39.5 Å². The molecule has 18 heavy (non-hydrogen) atoms. The smallest absolute Gasteiger partial charge is 0.119 e. The van der Waals surface area contributed by atoms with Crippen molar-refractivity contribution in [3.8, 4) is 5.75 Å². The van der Waals surface area contributed by atoms with Gasteiger partial charge in [0.15, 0.2) is 0 Å². The fraction of sp³-hybridized carbons (Fsp3) is 0.571. The van der Waals surface area contributed by atoms with Crippen LogP contribution < -0.4 is 15.4 Å². The van der Waals surface area contributed by atoms with E-state index in [2.05, 4.69) is 24.1 Å². The molecule has 0 aromatic heterocycles. The van der Waals surface area contributed by atoms with Crippen molar-refractivity contribution in [1.29, 1.82) is 0 Å². The molecule has 1 heterocycles. The normalized spacial score (nSPS) is 23.7. The van der Waals surface area contributed by atoms with Crippen LogP contribution in [0.5, 0.6) is 5.75 Å². The Labute approximate surface area is 109 Å². The molecule has 1 aromatic rings. The van der Waals surface area contributed by atoms with E-state index >= 15 is 0 Å². The molecule has 0 spiro atoms. The van der Waals surface area contributed by atoms with Gasteiger partial charge in [0.1, 0.15) is 5.75 Å². The minimum Gasteiger partial charge on any atom is -0.497 e. The van der Waals surface area contributed by atoms with Crippen molar-refractivity contribution >= 4 is 5.69 Å². The Hall–Kier alpha value is -1.26. The van der Waals surface area contributed by atoms with Crippen LogP contribution in [0.25, 0.3) is 0 Å². The quantitative estimate of drug-likeness (QED) is 0.882. The van der Waals surface area contributed by atoms with Crippen molar-refractivity contribution in [1.82, 2.24) is 0 Å². The molecule has 1 aliphatic rings. The highest BCUT2D eigenvalue weighted by atomic mass is 16.5. The SMILES string of the molecule is COc1ccc(N(C)C2(CN)CCCOC2)cc1. The van der Waals surface area contributed by atoms with Gasteiger partial charge in [-0.05, 0) is 37.1 Å². The molecule has 0 saturated carbocycles. The summed E-state index contributed by atoms with van der Waals surface area (Å²) in [6, 6.07) is 8.06. The Morgan fingerprint density at radius 2 is 2.11 bits per heavy atom. The van der Waals surface area contributed by atoms with Gasteiger partial charge < -0.3 is 20.1 Å². The molecule has 1 aliphatic heterocycles. The molecule has 1 fully saturated rings. The number of likely N-dealkylation sites (N-methyl/N-ethyl adjacent to an activating group) is 1. The molecule has 100 valence electrons. The average molecular weight is 250 g/mol. The second-order valence-electron chi connectivity index (χ2n) is 4.84. The fourth-order valence-corrected chi connectivity index (χ4v) is 2.48. The summed E-state index contributed by atoms with van der Waals surface area (Å²) in [5, 5.41) is 0. The molecule has 2 N–H and O–H groups in total. The first-order valence-electron chi connectivity index (χ1n) is 6.37. The van der Waals surface area contributed by atoms with Crippen LogP contribution >= 0.6 is 0 Å². The number of ether oxygens (including phenoxy) is 2. The molecule has 4 nitrogen and oxygen atoms in total. The predicted molar refractivity (Wildman–Crippen MR) is 73.2 cm³/mol. The Morgan fingerprint density at radius 3 is 2.61 bits per heavy atom. The number of hydrogen-bond donors (Lipinski definition) is 1. The number of methoxy groups -OCH3 is 1. The molecular formula is C14H22N2O2. The lowest BCUT2D eigenvalue weighted by Gasteiger charge is -2.44.